The largest absolute Gasteiger partial charge is 0.545 e. The van der Waals surface area contributed by atoms with Gasteiger partial charge in [-0.05, 0) is 44.5 Å². The predicted molar refractivity (Wildman–Crippen MR) is 98.6 cm³/mol. The van der Waals surface area contributed by atoms with E-state index in [0.717, 1.165) is 5.56 Å². The maximum absolute atomic E-state index is 11.7. The Hall–Kier alpha value is -3.08. The van der Waals surface area contributed by atoms with E-state index >= 15 is 0 Å². The van der Waals surface area contributed by atoms with Crippen molar-refractivity contribution in [2.24, 2.45) is 0 Å². The Morgan fingerprint density at radius 1 is 1.08 bits per heavy atom. The molecule has 26 heavy (non-hydrogen) atoms. The molecule has 2 aromatic carbocycles. The lowest BCUT2D eigenvalue weighted by molar-refractivity contribution is -0.254. The van der Waals surface area contributed by atoms with Crippen LogP contribution in [0.25, 0.3) is 22.2 Å². The standard InChI is InChI=1S/C21H21NO4/c1-4-25-14-9-10-16(19(11-14)26-5-2)18-12-17(21(23)24)15-8-6-7-13(3)20(15)22-18/h6-12H,4-5H2,1-3H3,(H,23,24)/p-1. The summed E-state index contributed by atoms with van der Waals surface area (Å²) in [5.74, 6) is 0.0631. The number of aryl methyl sites for hydroxylation is 1. The number of carboxylic acids is 1. The maximum atomic E-state index is 11.7. The molecule has 0 amide bonds. The van der Waals surface area contributed by atoms with E-state index in [0.29, 0.717) is 46.9 Å². The Morgan fingerprint density at radius 2 is 1.85 bits per heavy atom. The molecule has 0 atom stereocenters. The molecule has 5 nitrogen and oxygen atoms in total. The second-order valence-corrected chi connectivity index (χ2v) is 5.84. The van der Waals surface area contributed by atoms with Gasteiger partial charge in [-0.3, -0.25) is 0 Å². The van der Waals surface area contributed by atoms with Crippen LogP contribution in [-0.4, -0.2) is 24.2 Å². The van der Waals surface area contributed by atoms with Crippen molar-refractivity contribution in [2.45, 2.75) is 20.8 Å². The smallest absolute Gasteiger partial charge is 0.132 e. The molecular weight excluding hydrogens is 330 g/mol. The number of carbonyl (C=O) groups excluding carboxylic acids is 1. The van der Waals surface area contributed by atoms with Crippen LogP contribution >= 0.6 is 0 Å². The van der Waals surface area contributed by atoms with Crippen molar-refractivity contribution in [2.75, 3.05) is 13.2 Å². The number of fused-ring (bicyclic) bond motifs is 1. The van der Waals surface area contributed by atoms with E-state index in [2.05, 4.69) is 0 Å². The van der Waals surface area contributed by atoms with Gasteiger partial charge in [0.25, 0.3) is 0 Å². The number of rotatable bonds is 6. The quantitative estimate of drug-likeness (QED) is 0.681. The summed E-state index contributed by atoms with van der Waals surface area (Å²) in [6.45, 7) is 6.73. The first-order valence-corrected chi connectivity index (χ1v) is 8.56. The van der Waals surface area contributed by atoms with E-state index in [1.165, 1.54) is 6.07 Å². The highest BCUT2D eigenvalue weighted by Crippen LogP contribution is 2.35. The molecular formula is C21H20NO4-. The third-order valence-electron chi connectivity index (χ3n) is 4.10. The lowest BCUT2D eigenvalue weighted by atomic mass is 10.0. The molecule has 1 aromatic heterocycles. The van der Waals surface area contributed by atoms with Crippen LogP contribution in [0, 0.1) is 6.92 Å². The molecule has 1 heterocycles. The molecule has 0 saturated carbocycles. The van der Waals surface area contributed by atoms with Gasteiger partial charge < -0.3 is 19.4 Å². The van der Waals surface area contributed by atoms with E-state index < -0.39 is 5.97 Å². The van der Waals surface area contributed by atoms with Gasteiger partial charge in [0.05, 0.1) is 30.4 Å². The van der Waals surface area contributed by atoms with Gasteiger partial charge >= 0.3 is 0 Å². The summed E-state index contributed by atoms with van der Waals surface area (Å²) in [7, 11) is 0. The van der Waals surface area contributed by atoms with E-state index in [1.54, 1.807) is 12.1 Å². The van der Waals surface area contributed by atoms with Crippen molar-refractivity contribution in [1.82, 2.24) is 4.98 Å². The van der Waals surface area contributed by atoms with Crippen molar-refractivity contribution >= 4 is 16.9 Å². The van der Waals surface area contributed by atoms with Crippen LogP contribution in [0.15, 0.2) is 42.5 Å². The highest BCUT2D eigenvalue weighted by molar-refractivity contribution is 6.03. The molecule has 0 bridgehead atoms. The number of aromatic carboxylic acids is 1. The number of hydrogen-bond donors (Lipinski definition) is 0. The lowest BCUT2D eigenvalue weighted by Crippen LogP contribution is -2.22. The zero-order valence-corrected chi connectivity index (χ0v) is 15.0. The van der Waals surface area contributed by atoms with Gasteiger partial charge in [-0.25, -0.2) is 4.98 Å². The maximum Gasteiger partial charge on any atom is 0.132 e. The summed E-state index contributed by atoms with van der Waals surface area (Å²) in [6, 6.07) is 12.4. The van der Waals surface area contributed by atoms with Crippen LogP contribution in [0.3, 0.4) is 0 Å². The molecule has 0 saturated heterocycles. The third-order valence-corrected chi connectivity index (χ3v) is 4.10. The van der Waals surface area contributed by atoms with Gasteiger partial charge in [0.1, 0.15) is 11.5 Å². The highest BCUT2D eigenvalue weighted by atomic mass is 16.5. The third kappa shape index (κ3) is 3.33. The molecule has 0 fully saturated rings. The minimum Gasteiger partial charge on any atom is -0.545 e. The fraction of sp³-hybridized carbons (Fsp3) is 0.238. The summed E-state index contributed by atoms with van der Waals surface area (Å²) in [5.41, 5.74) is 2.89. The van der Waals surface area contributed by atoms with Crippen molar-refractivity contribution < 1.29 is 19.4 Å². The molecule has 0 aliphatic heterocycles. The number of pyridine rings is 1. The fourth-order valence-corrected chi connectivity index (χ4v) is 2.94. The second kappa shape index (κ2) is 7.44. The average Bonchev–Trinajstić information content (AvgIpc) is 2.62. The lowest BCUT2D eigenvalue weighted by Gasteiger charge is -2.15. The van der Waals surface area contributed by atoms with Crippen molar-refractivity contribution in [3.05, 3.63) is 53.6 Å². The normalized spacial score (nSPS) is 10.7. The van der Waals surface area contributed by atoms with Gasteiger partial charge in [0, 0.05) is 22.6 Å². The predicted octanol–water partition coefficient (Wildman–Crippen LogP) is 3.37. The Morgan fingerprint density at radius 3 is 2.54 bits per heavy atom. The first-order chi connectivity index (χ1) is 12.5. The number of nitrogens with zero attached hydrogens (tertiary/aromatic N) is 1. The number of benzene rings is 2. The van der Waals surface area contributed by atoms with Gasteiger partial charge in [0.2, 0.25) is 0 Å². The summed E-state index contributed by atoms with van der Waals surface area (Å²) < 4.78 is 11.3. The SMILES string of the molecule is CCOc1ccc(-c2cc(C(=O)[O-])c3cccc(C)c3n2)c(OCC)c1. The minimum absolute atomic E-state index is 0.116. The molecule has 134 valence electrons. The monoisotopic (exact) mass is 350 g/mol. The van der Waals surface area contributed by atoms with Gasteiger partial charge in [-0.1, -0.05) is 18.2 Å². The van der Waals surface area contributed by atoms with E-state index in [1.807, 2.05) is 45.0 Å². The van der Waals surface area contributed by atoms with Crippen molar-refractivity contribution in [3.8, 4) is 22.8 Å². The number of carbonyl (C=O) groups is 1. The van der Waals surface area contributed by atoms with Crippen LogP contribution in [0.4, 0.5) is 0 Å². The Kier molecular flexibility index (Phi) is 5.07. The van der Waals surface area contributed by atoms with E-state index in [4.69, 9.17) is 14.5 Å². The first kappa shape index (κ1) is 17.7. The molecule has 5 heteroatoms. The Bertz CT molecular complexity index is 966. The van der Waals surface area contributed by atoms with Crippen LogP contribution in [0.1, 0.15) is 29.8 Å². The van der Waals surface area contributed by atoms with Gasteiger partial charge in [-0.2, -0.15) is 0 Å². The van der Waals surface area contributed by atoms with Gasteiger partial charge in [-0.15, -0.1) is 0 Å². The topological polar surface area (TPSA) is 71.5 Å². The molecule has 3 rings (SSSR count). The summed E-state index contributed by atoms with van der Waals surface area (Å²) in [6.07, 6.45) is 0. The molecule has 0 aliphatic rings. The number of aromatic nitrogens is 1. The Balaban J connectivity index is 2.25. The van der Waals surface area contributed by atoms with Crippen LogP contribution < -0.4 is 14.6 Å². The number of carboxylic acid groups (broad SMARTS) is 1. The zero-order valence-electron chi connectivity index (χ0n) is 15.0. The molecule has 0 unspecified atom stereocenters. The van der Waals surface area contributed by atoms with E-state index in [9.17, 15) is 9.90 Å². The summed E-state index contributed by atoms with van der Waals surface area (Å²) in [4.78, 5) is 16.4. The second-order valence-electron chi connectivity index (χ2n) is 5.84. The van der Waals surface area contributed by atoms with Crippen LogP contribution in [-0.2, 0) is 0 Å². The van der Waals surface area contributed by atoms with E-state index in [-0.39, 0.29) is 5.56 Å². The van der Waals surface area contributed by atoms with Crippen molar-refractivity contribution in [1.29, 1.82) is 0 Å². The zero-order chi connectivity index (χ0) is 18.7. The summed E-state index contributed by atoms with van der Waals surface area (Å²) in [5, 5.41) is 12.2. The number of hydrogen-bond acceptors (Lipinski definition) is 5. The molecule has 0 N–H and O–H groups in total. The molecule has 0 spiro atoms. The van der Waals surface area contributed by atoms with Crippen molar-refractivity contribution in [3.63, 3.8) is 0 Å². The van der Waals surface area contributed by atoms with Crippen LogP contribution in [0.5, 0.6) is 11.5 Å². The Labute approximate surface area is 152 Å². The number of ether oxygens (including phenoxy) is 2. The summed E-state index contributed by atoms with van der Waals surface area (Å²) >= 11 is 0. The first-order valence-electron chi connectivity index (χ1n) is 8.56. The molecule has 3 aromatic rings. The van der Waals surface area contributed by atoms with Crippen LogP contribution in [0.2, 0.25) is 0 Å². The average molecular weight is 350 g/mol. The number of para-hydroxylation sites is 1. The molecule has 0 radical (unpaired) electrons. The van der Waals surface area contributed by atoms with Gasteiger partial charge in [0.15, 0.2) is 0 Å². The highest BCUT2D eigenvalue weighted by Gasteiger charge is 2.14. The fourth-order valence-electron chi connectivity index (χ4n) is 2.94. The minimum atomic E-state index is -1.23. The molecule has 0 aliphatic carbocycles.